The number of hydrazine groups is 1. The van der Waals surface area contributed by atoms with Crippen molar-refractivity contribution in [3.8, 4) is 0 Å². The fraction of sp³-hybridized carbons (Fsp3) is 0.263. The Labute approximate surface area is 152 Å². The summed E-state index contributed by atoms with van der Waals surface area (Å²) in [6.07, 6.45) is -0.697. The molecule has 0 saturated carbocycles. The fourth-order valence-corrected chi connectivity index (χ4v) is 3.06. The molecule has 0 radical (unpaired) electrons. The number of ether oxygens (including phenoxy) is 1. The molecule has 2 aromatic carbocycles. The Morgan fingerprint density at radius 1 is 0.920 bits per heavy atom. The van der Waals surface area contributed by atoms with Crippen LogP contribution in [0.4, 0.5) is 4.79 Å². The molecule has 0 aliphatic rings. The zero-order valence-corrected chi connectivity index (χ0v) is 15.3. The number of rotatable bonds is 4. The van der Waals surface area contributed by atoms with Gasteiger partial charge in [0.2, 0.25) is 0 Å². The second-order valence-electron chi connectivity index (χ2n) is 6.34. The number of amides is 2. The Hall–Kier alpha value is -2.47. The van der Waals surface area contributed by atoms with Crippen molar-refractivity contribution < 1.29 is 14.3 Å². The highest BCUT2D eigenvalue weighted by Crippen LogP contribution is 2.35. The van der Waals surface area contributed by atoms with E-state index in [1.165, 1.54) is 11.8 Å². The second-order valence-corrected chi connectivity index (χ2v) is 7.52. The molecule has 0 spiro atoms. The number of nitrogens with one attached hydrogen (secondary N) is 2. The molecule has 0 heterocycles. The molecule has 2 aromatic rings. The smallest absolute Gasteiger partial charge is 0.426 e. The van der Waals surface area contributed by atoms with Crippen LogP contribution in [0.1, 0.15) is 31.6 Å². The summed E-state index contributed by atoms with van der Waals surface area (Å²) in [6, 6.07) is 19.1. The monoisotopic (exact) mass is 358 g/mol. The molecule has 0 unspecified atom stereocenters. The van der Waals surface area contributed by atoms with Crippen LogP contribution in [0.3, 0.4) is 0 Å². The van der Waals surface area contributed by atoms with Gasteiger partial charge >= 0.3 is 6.09 Å². The van der Waals surface area contributed by atoms with Gasteiger partial charge < -0.3 is 4.74 Å². The van der Waals surface area contributed by atoms with Crippen molar-refractivity contribution in [3.63, 3.8) is 0 Å². The first-order valence-corrected chi connectivity index (χ1v) is 8.78. The predicted molar refractivity (Wildman–Crippen MR) is 99.0 cm³/mol. The summed E-state index contributed by atoms with van der Waals surface area (Å²) >= 11 is 1.41. The first-order valence-electron chi connectivity index (χ1n) is 7.91. The zero-order chi connectivity index (χ0) is 18.3. The van der Waals surface area contributed by atoms with Gasteiger partial charge in [-0.2, -0.15) is 0 Å². The maximum absolute atomic E-state index is 12.6. The van der Waals surface area contributed by atoms with Gasteiger partial charge in [-0.25, -0.2) is 10.2 Å². The molecule has 0 saturated heterocycles. The number of benzene rings is 2. The molecular weight excluding hydrogens is 336 g/mol. The van der Waals surface area contributed by atoms with E-state index in [0.717, 1.165) is 10.5 Å². The van der Waals surface area contributed by atoms with Crippen LogP contribution >= 0.6 is 11.8 Å². The van der Waals surface area contributed by atoms with Crippen molar-refractivity contribution in [2.24, 2.45) is 0 Å². The van der Waals surface area contributed by atoms with E-state index in [1.807, 2.05) is 60.7 Å². The number of hydrogen-bond acceptors (Lipinski definition) is 4. The molecule has 5 nitrogen and oxygen atoms in total. The van der Waals surface area contributed by atoms with Gasteiger partial charge in [-0.3, -0.25) is 10.2 Å². The highest BCUT2D eigenvalue weighted by molar-refractivity contribution is 8.00. The Kier molecular flexibility index (Phi) is 6.47. The summed E-state index contributed by atoms with van der Waals surface area (Å²) in [6.45, 7) is 5.27. The topological polar surface area (TPSA) is 67.4 Å². The Bertz CT molecular complexity index is 700. The molecule has 1 atom stereocenters. The third-order valence-electron chi connectivity index (χ3n) is 3.02. The second kappa shape index (κ2) is 8.58. The lowest BCUT2D eigenvalue weighted by Crippen LogP contribution is -2.45. The third kappa shape index (κ3) is 6.51. The van der Waals surface area contributed by atoms with Crippen LogP contribution in [0.25, 0.3) is 0 Å². The molecule has 0 aliphatic carbocycles. The van der Waals surface area contributed by atoms with E-state index in [2.05, 4.69) is 10.9 Å². The summed E-state index contributed by atoms with van der Waals surface area (Å²) < 4.78 is 5.12. The van der Waals surface area contributed by atoms with Crippen molar-refractivity contribution in [1.82, 2.24) is 10.9 Å². The van der Waals surface area contributed by atoms with E-state index in [0.29, 0.717) is 0 Å². The largest absolute Gasteiger partial charge is 0.443 e. The van der Waals surface area contributed by atoms with Crippen molar-refractivity contribution in [1.29, 1.82) is 0 Å². The molecule has 0 aromatic heterocycles. The third-order valence-corrected chi connectivity index (χ3v) is 4.29. The molecule has 0 bridgehead atoms. The van der Waals surface area contributed by atoms with Crippen molar-refractivity contribution in [2.75, 3.05) is 0 Å². The summed E-state index contributed by atoms with van der Waals surface area (Å²) in [5.41, 5.74) is 4.96. The molecule has 2 N–H and O–H groups in total. The summed E-state index contributed by atoms with van der Waals surface area (Å²) in [7, 11) is 0. The number of carbonyl (C=O) groups excluding carboxylic acids is 2. The van der Waals surface area contributed by atoms with Crippen LogP contribution in [0, 0.1) is 0 Å². The number of hydrogen-bond donors (Lipinski definition) is 2. The van der Waals surface area contributed by atoms with E-state index >= 15 is 0 Å². The maximum atomic E-state index is 12.6. The zero-order valence-electron chi connectivity index (χ0n) is 14.5. The van der Waals surface area contributed by atoms with Crippen LogP contribution in [-0.4, -0.2) is 17.6 Å². The SMILES string of the molecule is CC(C)(C)OC(=O)NNC(=O)[C@@H](Sc1ccccc1)c1ccccc1. The van der Waals surface area contributed by atoms with Crippen LogP contribution in [-0.2, 0) is 9.53 Å². The van der Waals surface area contributed by atoms with Gasteiger partial charge in [0.05, 0.1) is 0 Å². The van der Waals surface area contributed by atoms with Gasteiger partial charge in [0.1, 0.15) is 10.9 Å². The van der Waals surface area contributed by atoms with Crippen LogP contribution in [0.5, 0.6) is 0 Å². The van der Waals surface area contributed by atoms with Crippen molar-refractivity contribution in [3.05, 3.63) is 66.2 Å². The summed E-state index contributed by atoms with van der Waals surface area (Å²) in [5, 5.41) is -0.501. The molecule has 2 rings (SSSR count). The average molecular weight is 358 g/mol. The molecule has 0 fully saturated rings. The number of carbonyl (C=O) groups is 2. The first kappa shape index (κ1) is 18.9. The normalized spacial score (nSPS) is 12.1. The lowest BCUT2D eigenvalue weighted by molar-refractivity contribution is -0.121. The van der Waals surface area contributed by atoms with Gasteiger partial charge in [-0.15, -0.1) is 11.8 Å². The van der Waals surface area contributed by atoms with Crippen LogP contribution < -0.4 is 10.9 Å². The number of thioether (sulfide) groups is 1. The summed E-state index contributed by atoms with van der Waals surface area (Å²) in [4.78, 5) is 25.3. The lowest BCUT2D eigenvalue weighted by atomic mass is 10.1. The highest BCUT2D eigenvalue weighted by Gasteiger charge is 2.23. The van der Waals surface area contributed by atoms with Gasteiger partial charge in [0, 0.05) is 4.90 Å². The van der Waals surface area contributed by atoms with Gasteiger partial charge in [-0.05, 0) is 38.5 Å². The Balaban J connectivity index is 2.07. The molecule has 6 heteroatoms. The van der Waals surface area contributed by atoms with Crippen molar-refractivity contribution >= 4 is 23.8 Å². The Morgan fingerprint density at radius 3 is 2.04 bits per heavy atom. The molecular formula is C19H22N2O3S. The van der Waals surface area contributed by atoms with E-state index in [9.17, 15) is 9.59 Å². The molecule has 132 valence electrons. The predicted octanol–water partition coefficient (Wildman–Crippen LogP) is 4.08. The standard InChI is InChI=1S/C19H22N2O3S/c1-19(2,3)24-18(23)21-20-17(22)16(14-10-6-4-7-11-14)25-15-12-8-5-9-13-15/h4-13,16H,1-3H3,(H,20,22)(H,21,23)/t16-/m0/s1. The maximum Gasteiger partial charge on any atom is 0.426 e. The minimum Gasteiger partial charge on any atom is -0.443 e. The molecule has 2 amide bonds. The van der Waals surface area contributed by atoms with Crippen molar-refractivity contribution in [2.45, 2.75) is 36.5 Å². The summed E-state index contributed by atoms with van der Waals surface area (Å²) in [5.74, 6) is -0.328. The van der Waals surface area contributed by atoms with Gasteiger partial charge in [0.25, 0.3) is 5.91 Å². The first-order chi connectivity index (χ1) is 11.8. The van der Waals surface area contributed by atoms with E-state index in [1.54, 1.807) is 20.8 Å². The van der Waals surface area contributed by atoms with Crippen LogP contribution in [0.15, 0.2) is 65.6 Å². The van der Waals surface area contributed by atoms with E-state index in [-0.39, 0.29) is 5.91 Å². The van der Waals surface area contributed by atoms with E-state index < -0.39 is 16.9 Å². The minimum absolute atomic E-state index is 0.328. The lowest BCUT2D eigenvalue weighted by Gasteiger charge is -2.21. The van der Waals surface area contributed by atoms with E-state index in [4.69, 9.17) is 4.74 Å². The van der Waals surface area contributed by atoms with Gasteiger partial charge in [-0.1, -0.05) is 48.5 Å². The fourth-order valence-electron chi connectivity index (χ4n) is 2.02. The quantitative estimate of drug-likeness (QED) is 0.638. The molecule has 0 aliphatic heterocycles. The average Bonchev–Trinajstić information content (AvgIpc) is 2.58. The Morgan fingerprint density at radius 2 is 1.48 bits per heavy atom. The minimum atomic E-state index is -0.697. The van der Waals surface area contributed by atoms with Crippen LogP contribution in [0.2, 0.25) is 0 Å². The highest BCUT2D eigenvalue weighted by atomic mass is 32.2. The molecule has 25 heavy (non-hydrogen) atoms. The van der Waals surface area contributed by atoms with Gasteiger partial charge in [0.15, 0.2) is 0 Å².